The van der Waals surface area contributed by atoms with Gasteiger partial charge < -0.3 is 16.2 Å². The van der Waals surface area contributed by atoms with Gasteiger partial charge in [-0.15, -0.1) is 12.4 Å². The fourth-order valence-electron chi connectivity index (χ4n) is 1.46. The summed E-state index contributed by atoms with van der Waals surface area (Å²) < 4.78 is 0. The Hall–Kier alpha value is -0.320. The van der Waals surface area contributed by atoms with Crippen LogP contribution in [0.4, 0.5) is 0 Å². The zero-order valence-electron chi connectivity index (χ0n) is 11.3. The van der Waals surface area contributed by atoms with Gasteiger partial charge in [0.2, 0.25) is 5.91 Å². The predicted octanol–water partition coefficient (Wildman–Crippen LogP) is 1.45. The molecule has 0 aromatic rings. The van der Waals surface area contributed by atoms with Gasteiger partial charge in [-0.1, -0.05) is 20.8 Å². The molecule has 4 N–H and O–H groups in total. The lowest BCUT2D eigenvalue weighted by Gasteiger charge is -2.22. The Morgan fingerprint density at radius 2 is 1.94 bits per heavy atom. The summed E-state index contributed by atoms with van der Waals surface area (Å²) in [5.74, 6) is -0.0368. The molecular formula is C12H27ClN2O2. The van der Waals surface area contributed by atoms with E-state index < -0.39 is 6.10 Å². The molecule has 0 fully saturated rings. The van der Waals surface area contributed by atoms with E-state index in [1.54, 1.807) is 0 Å². The van der Waals surface area contributed by atoms with Crippen molar-refractivity contribution in [3.63, 3.8) is 0 Å². The first kappa shape index (κ1) is 19.0. The smallest absolute Gasteiger partial charge is 0.220 e. The van der Waals surface area contributed by atoms with Gasteiger partial charge >= 0.3 is 0 Å². The lowest BCUT2D eigenvalue weighted by molar-refractivity contribution is -0.121. The van der Waals surface area contributed by atoms with Crippen molar-refractivity contribution in [2.75, 3.05) is 6.54 Å². The molecule has 5 heteroatoms. The largest absolute Gasteiger partial charge is 0.391 e. The third-order valence-corrected chi connectivity index (χ3v) is 2.21. The van der Waals surface area contributed by atoms with Gasteiger partial charge in [0.15, 0.2) is 0 Å². The van der Waals surface area contributed by atoms with Crippen LogP contribution in [0, 0.1) is 5.41 Å². The number of aliphatic hydroxyl groups excluding tert-OH is 1. The quantitative estimate of drug-likeness (QED) is 0.681. The summed E-state index contributed by atoms with van der Waals surface area (Å²) in [4.78, 5) is 11.3. The Morgan fingerprint density at radius 1 is 1.41 bits per heavy atom. The molecule has 0 rings (SSSR count). The maximum Gasteiger partial charge on any atom is 0.220 e. The van der Waals surface area contributed by atoms with E-state index in [-0.39, 0.29) is 29.8 Å². The van der Waals surface area contributed by atoms with Gasteiger partial charge in [0.05, 0.1) is 6.10 Å². The highest BCUT2D eigenvalue weighted by Gasteiger charge is 2.17. The van der Waals surface area contributed by atoms with Crippen LogP contribution in [0.25, 0.3) is 0 Å². The molecule has 4 nitrogen and oxygen atoms in total. The second kappa shape index (κ2) is 8.72. The Kier molecular flexibility index (Phi) is 9.77. The van der Waals surface area contributed by atoms with Gasteiger partial charge in [0.1, 0.15) is 0 Å². The molecule has 0 saturated heterocycles. The first-order valence-electron chi connectivity index (χ1n) is 5.91. The van der Waals surface area contributed by atoms with Gasteiger partial charge in [-0.3, -0.25) is 4.79 Å². The highest BCUT2D eigenvalue weighted by atomic mass is 35.5. The number of carbonyl (C=O) groups excluding carboxylic acids is 1. The highest BCUT2D eigenvalue weighted by Crippen LogP contribution is 2.20. The van der Waals surface area contributed by atoms with Crippen LogP contribution in [0.2, 0.25) is 0 Å². The number of aliphatic hydroxyl groups is 1. The van der Waals surface area contributed by atoms with Crippen molar-refractivity contribution in [3.8, 4) is 0 Å². The minimum atomic E-state index is -0.473. The van der Waals surface area contributed by atoms with Crippen LogP contribution in [0.5, 0.6) is 0 Å². The SMILES string of the molecule is CC(N)CCC(=O)NCC(O)CC(C)(C)C.Cl. The average Bonchev–Trinajstić information content (AvgIpc) is 2.08. The molecule has 0 heterocycles. The minimum Gasteiger partial charge on any atom is -0.391 e. The van der Waals surface area contributed by atoms with Crippen molar-refractivity contribution in [1.29, 1.82) is 0 Å². The van der Waals surface area contributed by atoms with Crippen LogP contribution < -0.4 is 11.1 Å². The zero-order chi connectivity index (χ0) is 12.8. The maximum atomic E-state index is 11.3. The molecule has 0 aliphatic carbocycles. The molecule has 0 spiro atoms. The van der Waals surface area contributed by atoms with E-state index in [0.717, 1.165) is 0 Å². The molecule has 0 aliphatic rings. The van der Waals surface area contributed by atoms with Gasteiger partial charge in [-0.2, -0.15) is 0 Å². The van der Waals surface area contributed by atoms with Crippen molar-refractivity contribution in [2.24, 2.45) is 11.1 Å². The van der Waals surface area contributed by atoms with Gasteiger partial charge in [-0.05, 0) is 25.2 Å². The molecule has 0 saturated carbocycles. The molecule has 2 atom stereocenters. The van der Waals surface area contributed by atoms with Crippen LogP contribution in [0.3, 0.4) is 0 Å². The third kappa shape index (κ3) is 13.6. The molecular weight excluding hydrogens is 240 g/mol. The summed E-state index contributed by atoms with van der Waals surface area (Å²) in [5.41, 5.74) is 5.63. The van der Waals surface area contributed by atoms with Crippen molar-refractivity contribution in [2.45, 2.75) is 59.1 Å². The number of nitrogens with one attached hydrogen (secondary N) is 1. The number of amides is 1. The van der Waals surface area contributed by atoms with Gasteiger partial charge in [0.25, 0.3) is 0 Å². The normalized spacial score (nSPS) is 14.7. The molecule has 0 bridgehead atoms. The Morgan fingerprint density at radius 3 is 2.35 bits per heavy atom. The number of hydrogen-bond acceptors (Lipinski definition) is 3. The standard InChI is InChI=1S/C12H26N2O2.ClH/c1-9(13)5-6-11(16)14-8-10(15)7-12(2,3)4;/h9-10,15H,5-8,13H2,1-4H3,(H,14,16);1H. The fourth-order valence-corrected chi connectivity index (χ4v) is 1.46. The Balaban J connectivity index is 0. The summed E-state index contributed by atoms with van der Waals surface area (Å²) in [6, 6.07) is 0.0465. The summed E-state index contributed by atoms with van der Waals surface area (Å²) >= 11 is 0. The lowest BCUT2D eigenvalue weighted by atomic mass is 9.89. The van der Waals surface area contributed by atoms with Crippen molar-refractivity contribution < 1.29 is 9.90 Å². The third-order valence-electron chi connectivity index (χ3n) is 2.21. The first-order valence-corrected chi connectivity index (χ1v) is 5.91. The fraction of sp³-hybridized carbons (Fsp3) is 0.917. The average molecular weight is 267 g/mol. The molecule has 0 aromatic carbocycles. The summed E-state index contributed by atoms with van der Waals surface area (Å²) in [6.45, 7) is 8.40. The van der Waals surface area contributed by atoms with Gasteiger partial charge in [-0.25, -0.2) is 0 Å². The monoisotopic (exact) mass is 266 g/mol. The van der Waals surface area contributed by atoms with Crippen molar-refractivity contribution in [1.82, 2.24) is 5.32 Å². The molecule has 0 radical (unpaired) electrons. The minimum absolute atomic E-state index is 0. The van der Waals surface area contributed by atoms with Crippen molar-refractivity contribution in [3.05, 3.63) is 0 Å². The first-order chi connectivity index (χ1) is 7.20. The van der Waals surface area contributed by atoms with E-state index in [1.807, 2.05) is 6.92 Å². The molecule has 0 aromatic heterocycles. The van der Waals surface area contributed by atoms with Crippen LogP contribution in [-0.2, 0) is 4.79 Å². The van der Waals surface area contributed by atoms with Gasteiger partial charge in [0, 0.05) is 19.0 Å². The van der Waals surface area contributed by atoms with E-state index in [2.05, 4.69) is 26.1 Å². The van der Waals surface area contributed by atoms with E-state index in [0.29, 0.717) is 25.8 Å². The molecule has 0 aliphatic heterocycles. The van der Waals surface area contributed by atoms with E-state index >= 15 is 0 Å². The van der Waals surface area contributed by atoms with Crippen LogP contribution in [-0.4, -0.2) is 29.7 Å². The Bertz CT molecular complexity index is 215. The summed E-state index contributed by atoms with van der Waals surface area (Å²) in [5, 5.41) is 12.4. The zero-order valence-corrected chi connectivity index (χ0v) is 12.1. The Labute approximate surface area is 111 Å². The molecule has 104 valence electrons. The van der Waals surface area contributed by atoms with Crippen LogP contribution in [0.15, 0.2) is 0 Å². The molecule has 2 unspecified atom stereocenters. The maximum absolute atomic E-state index is 11.3. The number of halogens is 1. The summed E-state index contributed by atoms with van der Waals surface area (Å²) in [7, 11) is 0. The molecule has 1 amide bonds. The van der Waals surface area contributed by atoms with Crippen LogP contribution in [0.1, 0.15) is 47.0 Å². The number of nitrogens with two attached hydrogens (primary N) is 1. The van der Waals surface area contributed by atoms with E-state index in [4.69, 9.17) is 5.73 Å². The predicted molar refractivity (Wildman–Crippen MR) is 73.2 cm³/mol. The lowest BCUT2D eigenvalue weighted by Crippen LogP contribution is -2.34. The van der Waals surface area contributed by atoms with E-state index in [9.17, 15) is 9.90 Å². The van der Waals surface area contributed by atoms with Crippen molar-refractivity contribution >= 4 is 18.3 Å². The molecule has 17 heavy (non-hydrogen) atoms. The number of carbonyl (C=O) groups is 1. The van der Waals surface area contributed by atoms with E-state index in [1.165, 1.54) is 0 Å². The second-order valence-electron chi connectivity index (χ2n) is 5.74. The highest BCUT2D eigenvalue weighted by molar-refractivity contribution is 5.85. The van der Waals surface area contributed by atoms with Crippen LogP contribution >= 0.6 is 12.4 Å². The second-order valence-corrected chi connectivity index (χ2v) is 5.74. The number of rotatable bonds is 6. The summed E-state index contributed by atoms with van der Waals surface area (Å²) in [6.07, 6.45) is 1.32. The number of hydrogen-bond donors (Lipinski definition) is 3. The topological polar surface area (TPSA) is 75.4 Å².